The molecule has 8 heteroatoms. The summed E-state index contributed by atoms with van der Waals surface area (Å²) in [6.07, 6.45) is -9.06. The van der Waals surface area contributed by atoms with Crippen LogP contribution in [0.15, 0.2) is 48.5 Å². The van der Waals surface area contributed by atoms with Gasteiger partial charge in [0.05, 0.1) is 16.5 Å². The third-order valence-corrected chi connectivity index (χ3v) is 5.61. The van der Waals surface area contributed by atoms with Gasteiger partial charge in [0.15, 0.2) is 0 Å². The molecule has 0 saturated carbocycles. The lowest BCUT2D eigenvalue weighted by molar-refractivity contribution is -0.143. The molecule has 2 aromatic rings. The van der Waals surface area contributed by atoms with Gasteiger partial charge in [-0.15, -0.1) is 0 Å². The predicted molar refractivity (Wildman–Crippen MR) is 100.0 cm³/mol. The molecule has 1 saturated heterocycles. The number of rotatable bonds is 5. The Balaban J connectivity index is 1.87. The quantitative estimate of drug-likeness (QED) is 0.632. The standard InChI is InChI=1S/C22H21F6NO/c23-21(24,25)17-12-15(13-18(14-17)22(26,27)28)6-7-19(30)20(8-10-29-11-9-20)16-4-2-1-3-5-16/h1-5,12-14,29H,6-11H2. The topological polar surface area (TPSA) is 29.1 Å². The Morgan fingerprint density at radius 2 is 1.40 bits per heavy atom. The second-order valence-corrected chi connectivity index (χ2v) is 7.54. The number of carbonyl (C=O) groups is 1. The number of aryl methyl sites for hydroxylation is 1. The van der Waals surface area contributed by atoms with Crippen LogP contribution in [0, 0.1) is 0 Å². The Morgan fingerprint density at radius 3 is 1.90 bits per heavy atom. The van der Waals surface area contributed by atoms with Crippen LogP contribution in [0.25, 0.3) is 0 Å². The Kier molecular flexibility index (Phi) is 6.26. The van der Waals surface area contributed by atoms with Crippen molar-refractivity contribution < 1.29 is 31.1 Å². The number of hydrogen-bond acceptors (Lipinski definition) is 2. The van der Waals surface area contributed by atoms with Crippen LogP contribution in [0.5, 0.6) is 0 Å². The summed E-state index contributed by atoms with van der Waals surface area (Å²) in [4.78, 5) is 13.2. The molecule has 0 atom stereocenters. The van der Waals surface area contributed by atoms with E-state index in [0.29, 0.717) is 38.1 Å². The van der Waals surface area contributed by atoms with Crippen LogP contribution < -0.4 is 5.32 Å². The summed E-state index contributed by atoms with van der Waals surface area (Å²) < 4.78 is 78.4. The smallest absolute Gasteiger partial charge is 0.317 e. The Morgan fingerprint density at radius 1 is 0.867 bits per heavy atom. The SMILES string of the molecule is O=C(CCc1cc(C(F)(F)F)cc(C(F)(F)F)c1)C1(c2ccccc2)CCNCC1. The average Bonchev–Trinajstić information content (AvgIpc) is 2.71. The van der Waals surface area contributed by atoms with Crippen molar-refractivity contribution in [1.82, 2.24) is 5.32 Å². The number of halogens is 6. The molecule has 30 heavy (non-hydrogen) atoms. The van der Waals surface area contributed by atoms with E-state index in [4.69, 9.17) is 0 Å². The molecule has 0 bridgehead atoms. The molecule has 0 unspecified atom stereocenters. The molecule has 0 spiro atoms. The highest BCUT2D eigenvalue weighted by molar-refractivity contribution is 5.90. The third kappa shape index (κ3) is 4.86. The highest BCUT2D eigenvalue weighted by Crippen LogP contribution is 2.38. The van der Waals surface area contributed by atoms with E-state index in [1.165, 1.54) is 0 Å². The Hall–Kier alpha value is -2.35. The van der Waals surface area contributed by atoms with Gasteiger partial charge in [-0.05, 0) is 61.7 Å². The molecule has 1 aliphatic heterocycles. The van der Waals surface area contributed by atoms with E-state index in [0.717, 1.165) is 5.56 Å². The van der Waals surface area contributed by atoms with Crippen molar-refractivity contribution in [1.29, 1.82) is 0 Å². The molecule has 0 aliphatic carbocycles. The van der Waals surface area contributed by atoms with Gasteiger partial charge >= 0.3 is 12.4 Å². The molecule has 1 aliphatic rings. The number of hydrogen-bond donors (Lipinski definition) is 1. The summed E-state index contributed by atoms with van der Waals surface area (Å²) >= 11 is 0. The van der Waals surface area contributed by atoms with E-state index < -0.39 is 28.9 Å². The zero-order chi connectivity index (χ0) is 22.0. The van der Waals surface area contributed by atoms with E-state index in [9.17, 15) is 31.1 Å². The summed E-state index contributed by atoms with van der Waals surface area (Å²) in [5.41, 5.74) is -2.82. The first-order valence-electron chi connectivity index (χ1n) is 9.60. The van der Waals surface area contributed by atoms with E-state index in [-0.39, 0.29) is 30.3 Å². The zero-order valence-electron chi connectivity index (χ0n) is 16.0. The molecule has 1 N–H and O–H groups in total. The van der Waals surface area contributed by atoms with Gasteiger partial charge in [-0.3, -0.25) is 4.79 Å². The van der Waals surface area contributed by atoms with Crippen LogP contribution in [0.1, 0.15) is 41.5 Å². The van der Waals surface area contributed by atoms with Gasteiger partial charge in [-0.2, -0.15) is 26.3 Å². The van der Waals surface area contributed by atoms with E-state index in [2.05, 4.69) is 5.32 Å². The number of Topliss-reactive ketones (excluding diaryl/α,β-unsaturated/α-hetero) is 1. The molecular formula is C22H21F6NO. The van der Waals surface area contributed by atoms with Crippen molar-refractivity contribution in [2.75, 3.05) is 13.1 Å². The molecule has 1 heterocycles. The molecule has 0 amide bonds. The highest BCUT2D eigenvalue weighted by atomic mass is 19.4. The van der Waals surface area contributed by atoms with Gasteiger partial charge in [-0.25, -0.2) is 0 Å². The van der Waals surface area contributed by atoms with Crippen LogP contribution in [-0.2, 0) is 29.0 Å². The van der Waals surface area contributed by atoms with Gasteiger partial charge in [-0.1, -0.05) is 30.3 Å². The van der Waals surface area contributed by atoms with Crippen molar-refractivity contribution >= 4 is 5.78 Å². The summed E-state index contributed by atoms with van der Waals surface area (Å²) in [6, 6.07) is 10.6. The molecule has 3 rings (SSSR count). The summed E-state index contributed by atoms with van der Waals surface area (Å²) in [7, 11) is 0. The van der Waals surface area contributed by atoms with Gasteiger partial charge in [0.25, 0.3) is 0 Å². The lowest BCUT2D eigenvalue weighted by Crippen LogP contribution is -2.45. The Labute approximate surface area is 170 Å². The van der Waals surface area contributed by atoms with E-state index >= 15 is 0 Å². The summed E-state index contributed by atoms with van der Waals surface area (Å²) in [5, 5.41) is 3.18. The monoisotopic (exact) mass is 429 g/mol. The normalized spacial score (nSPS) is 17.0. The fourth-order valence-electron chi connectivity index (χ4n) is 4.00. The number of benzene rings is 2. The van der Waals surface area contributed by atoms with Crippen molar-refractivity contribution in [2.45, 2.75) is 43.5 Å². The molecule has 162 valence electrons. The largest absolute Gasteiger partial charge is 0.416 e. The molecule has 0 aromatic heterocycles. The van der Waals surface area contributed by atoms with Crippen LogP contribution >= 0.6 is 0 Å². The maximum absolute atomic E-state index is 13.2. The van der Waals surface area contributed by atoms with E-state index in [1.807, 2.05) is 30.3 Å². The zero-order valence-corrected chi connectivity index (χ0v) is 16.0. The maximum Gasteiger partial charge on any atom is 0.416 e. The Bertz CT molecular complexity index is 850. The molecule has 2 nitrogen and oxygen atoms in total. The average molecular weight is 429 g/mol. The van der Waals surface area contributed by atoms with Crippen molar-refractivity contribution in [3.05, 3.63) is 70.8 Å². The van der Waals surface area contributed by atoms with Gasteiger partial charge in [0.2, 0.25) is 0 Å². The van der Waals surface area contributed by atoms with E-state index in [1.54, 1.807) is 0 Å². The highest BCUT2D eigenvalue weighted by Gasteiger charge is 2.41. The van der Waals surface area contributed by atoms with Crippen LogP contribution in [0.2, 0.25) is 0 Å². The summed E-state index contributed by atoms with van der Waals surface area (Å²) in [6.45, 7) is 1.23. The van der Waals surface area contributed by atoms with Gasteiger partial charge in [0, 0.05) is 6.42 Å². The molecular weight excluding hydrogens is 408 g/mol. The van der Waals surface area contributed by atoms with Gasteiger partial charge in [0.1, 0.15) is 5.78 Å². The molecule has 2 aromatic carbocycles. The number of nitrogens with one attached hydrogen (secondary N) is 1. The van der Waals surface area contributed by atoms with Crippen molar-refractivity contribution in [3.8, 4) is 0 Å². The van der Waals surface area contributed by atoms with Crippen molar-refractivity contribution in [3.63, 3.8) is 0 Å². The fourth-order valence-corrected chi connectivity index (χ4v) is 4.00. The minimum Gasteiger partial charge on any atom is -0.317 e. The number of ketones is 1. The predicted octanol–water partition coefficient (Wildman–Crippen LogP) is 5.55. The van der Waals surface area contributed by atoms with Crippen LogP contribution in [-0.4, -0.2) is 18.9 Å². The molecule has 1 fully saturated rings. The van der Waals surface area contributed by atoms with Crippen molar-refractivity contribution in [2.24, 2.45) is 0 Å². The minimum absolute atomic E-state index is 0.101. The van der Waals surface area contributed by atoms with Crippen LogP contribution in [0.3, 0.4) is 0 Å². The lowest BCUT2D eigenvalue weighted by atomic mass is 9.69. The maximum atomic E-state index is 13.2. The first-order chi connectivity index (χ1) is 14.0. The minimum atomic E-state index is -4.90. The first kappa shape index (κ1) is 22.3. The number of carbonyl (C=O) groups excluding carboxylic acids is 1. The third-order valence-electron chi connectivity index (χ3n) is 5.61. The van der Waals surface area contributed by atoms with Crippen LogP contribution in [0.4, 0.5) is 26.3 Å². The fraction of sp³-hybridized carbons (Fsp3) is 0.409. The number of alkyl halides is 6. The summed E-state index contributed by atoms with van der Waals surface area (Å²) in [5.74, 6) is -0.166. The second kappa shape index (κ2) is 8.41. The molecule has 0 radical (unpaired) electrons. The lowest BCUT2D eigenvalue weighted by Gasteiger charge is -2.37. The second-order valence-electron chi connectivity index (χ2n) is 7.54. The van der Waals surface area contributed by atoms with Gasteiger partial charge < -0.3 is 5.32 Å². The number of piperidine rings is 1. The first-order valence-corrected chi connectivity index (χ1v) is 9.60.